The molecule has 6 aromatic rings. The van der Waals surface area contributed by atoms with Crippen LogP contribution in [-0.2, 0) is 53.2 Å². The summed E-state index contributed by atoms with van der Waals surface area (Å²) in [6.07, 6.45) is -1.76. The number of rotatable bonds is 11. The molecule has 2 heterocycles. The van der Waals surface area contributed by atoms with E-state index in [4.69, 9.17) is 9.47 Å². The Morgan fingerprint density at radius 2 is 0.848 bits per heavy atom. The Morgan fingerprint density at radius 1 is 0.515 bits per heavy atom. The van der Waals surface area contributed by atoms with Gasteiger partial charge in [-0.25, -0.2) is 16.8 Å². The van der Waals surface area contributed by atoms with Gasteiger partial charge in [0.25, 0.3) is 0 Å². The van der Waals surface area contributed by atoms with Crippen molar-refractivity contribution in [1.29, 1.82) is 0 Å². The largest absolute Gasteiger partial charge is 0.507 e. The summed E-state index contributed by atoms with van der Waals surface area (Å²) in [6, 6.07) is 38.6. The molecular formula is C54H60N2O8S2. The first-order chi connectivity index (χ1) is 31.1. The van der Waals surface area contributed by atoms with Crippen molar-refractivity contribution in [2.24, 2.45) is 0 Å². The SMILES string of the molecule is Cc1ccc(S(=O)(=O)N2[C@@H](Cc3ccccc3)CO[C@H]2c2cc(C(C)(C)C)cc(-c3cc(C(C)(C)C)cc([C@@H]4OC[C@H](Cc5ccccc5)N4S(=O)(=O)c4ccc(C)cc4)c3O)c2O)cc1. The molecule has 0 spiro atoms. The number of nitrogens with zero attached hydrogens (tertiary/aromatic N) is 2. The van der Waals surface area contributed by atoms with Crippen LogP contribution in [-0.4, -0.2) is 61.0 Å². The van der Waals surface area contributed by atoms with Crippen molar-refractivity contribution in [2.45, 2.75) is 113 Å². The van der Waals surface area contributed by atoms with Crippen LogP contribution in [0.25, 0.3) is 11.1 Å². The smallest absolute Gasteiger partial charge is 0.245 e. The molecule has 0 bridgehead atoms. The molecule has 0 aromatic heterocycles. The maximum Gasteiger partial charge on any atom is 0.245 e. The van der Waals surface area contributed by atoms with Crippen LogP contribution in [0, 0.1) is 13.8 Å². The van der Waals surface area contributed by atoms with E-state index < -0.39 is 55.4 Å². The van der Waals surface area contributed by atoms with Gasteiger partial charge in [-0.3, -0.25) is 0 Å². The first-order valence-corrected chi connectivity index (χ1v) is 25.3. The van der Waals surface area contributed by atoms with Crippen LogP contribution in [0.1, 0.15) is 98.5 Å². The van der Waals surface area contributed by atoms with Gasteiger partial charge in [0.15, 0.2) is 12.5 Å². The number of aromatic hydroxyl groups is 2. The summed E-state index contributed by atoms with van der Waals surface area (Å²) >= 11 is 0. The molecule has 2 fully saturated rings. The van der Waals surface area contributed by atoms with Gasteiger partial charge in [-0.05, 0) is 108 Å². The fraction of sp³-hybridized carbons (Fsp3) is 0.333. The number of hydrogen-bond acceptors (Lipinski definition) is 8. The molecule has 2 aliphatic rings. The molecular weight excluding hydrogens is 869 g/mol. The second kappa shape index (κ2) is 18.0. The van der Waals surface area contributed by atoms with Crippen molar-refractivity contribution in [1.82, 2.24) is 8.61 Å². The fourth-order valence-electron chi connectivity index (χ4n) is 8.88. The lowest BCUT2D eigenvalue weighted by Gasteiger charge is -2.31. The minimum absolute atomic E-state index is 0.0581. The second-order valence-electron chi connectivity index (χ2n) is 19.8. The van der Waals surface area contributed by atoms with E-state index >= 15 is 0 Å². The van der Waals surface area contributed by atoms with Crippen LogP contribution < -0.4 is 0 Å². The van der Waals surface area contributed by atoms with Crippen molar-refractivity contribution >= 4 is 20.0 Å². The summed E-state index contributed by atoms with van der Waals surface area (Å²) in [5, 5.41) is 25.5. The lowest BCUT2D eigenvalue weighted by Crippen LogP contribution is -2.39. The fourth-order valence-corrected chi connectivity index (χ4v) is 12.2. The van der Waals surface area contributed by atoms with Gasteiger partial charge in [0.05, 0.1) is 35.1 Å². The molecule has 8 rings (SSSR count). The van der Waals surface area contributed by atoms with Gasteiger partial charge in [-0.15, -0.1) is 0 Å². The third kappa shape index (κ3) is 9.32. The second-order valence-corrected chi connectivity index (χ2v) is 23.5. The highest BCUT2D eigenvalue weighted by atomic mass is 32.2. The Labute approximate surface area is 390 Å². The summed E-state index contributed by atoms with van der Waals surface area (Å²) in [5.74, 6) is -0.550. The number of hydrogen-bond donors (Lipinski definition) is 2. The quantitative estimate of drug-likeness (QED) is 0.131. The van der Waals surface area contributed by atoms with Crippen LogP contribution in [0.5, 0.6) is 11.5 Å². The number of benzene rings is 6. The van der Waals surface area contributed by atoms with Gasteiger partial charge in [0.2, 0.25) is 20.0 Å². The molecule has 4 atom stereocenters. The Kier molecular flexibility index (Phi) is 12.9. The molecule has 0 radical (unpaired) electrons. The third-order valence-electron chi connectivity index (χ3n) is 12.7. The van der Waals surface area contributed by atoms with Crippen LogP contribution in [0.15, 0.2) is 143 Å². The normalized spacial score (nSPS) is 19.9. The van der Waals surface area contributed by atoms with Gasteiger partial charge in [-0.1, -0.05) is 138 Å². The standard InChI is InChI=1S/C54H60N2O8S2/c1-35-19-23-43(24-20-35)65(59,60)55-41(27-37-15-11-9-12-16-37)33-63-51(55)47-31-39(53(3,4)5)29-45(49(47)57)46-30-40(54(6,7)8)32-48(50(46)58)52-56(66(61,62)44-25-21-36(2)22-26-44)42(34-64-52)28-38-17-13-10-14-18-38/h9-26,29-32,41-42,51-52,57-58H,27-28,33-34H2,1-8H3/t41-,42-,51-,52-/m0/s1. The highest BCUT2D eigenvalue weighted by Gasteiger charge is 2.48. The van der Waals surface area contributed by atoms with E-state index in [-0.39, 0.29) is 56.8 Å². The van der Waals surface area contributed by atoms with Crippen LogP contribution in [0.2, 0.25) is 0 Å². The molecule has 10 nitrogen and oxygen atoms in total. The molecule has 0 saturated carbocycles. The number of ether oxygens (including phenoxy) is 2. The van der Waals surface area contributed by atoms with Crippen LogP contribution >= 0.6 is 0 Å². The Bertz CT molecular complexity index is 2730. The lowest BCUT2D eigenvalue weighted by atomic mass is 9.80. The van der Waals surface area contributed by atoms with E-state index in [1.165, 1.54) is 8.61 Å². The molecule has 2 aliphatic heterocycles. The minimum atomic E-state index is -4.22. The maximum absolute atomic E-state index is 14.9. The molecule has 0 unspecified atom stereocenters. The van der Waals surface area contributed by atoms with Gasteiger partial charge >= 0.3 is 0 Å². The number of phenolic OH excluding ortho intramolecular Hbond substituents is 2. The van der Waals surface area contributed by atoms with Gasteiger partial charge < -0.3 is 19.7 Å². The lowest BCUT2D eigenvalue weighted by molar-refractivity contribution is 0.0654. The van der Waals surface area contributed by atoms with E-state index in [1.807, 2.05) is 128 Å². The Morgan fingerprint density at radius 3 is 1.17 bits per heavy atom. The van der Waals surface area contributed by atoms with E-state index in [1.54, 1.807) is 60.7 Å². The highest BCUT2D eigenvalue weighted by molar-refractivity contribution is 7.89. The van der Waals surface area contributed by atoms with Gasteiger partial charge in [0, 0.05) is 22.3 Å². The zero-order chi connectivity index (χ0) is 47.3. The van der Waals surface area contributed by atoms with Crippen molar-refractivity contribution in [3.63, 3.8) is 0 Å². The minimum Gasteiger partial charge on any atom is -0.507 e. The number of sulfonamides is 2. The zero-order valence-electron chi connectivity index (χ0n) is 38.9. The van der Waals surface area contributed by atoms with Gasteiger partial charge in [0.1, 0.15) is 11.5 Å². The molecule has 12 heteroatoms. The highest BCUT2D eigenvalue weighted by Crippen LogP contribution is 2.51. The maximum atomic E-state index is 14.9. The van der Waals surface area contributed by atoms with E-state index in [9.17, 15) is 27.0 Å². The van der Waals surface area contributed by atoms with Crippen LogP contribution in [0.3, 0.4) is 0 Å². The molecule has 346 valence electrons. The summed E-state index contributed by atoms with van der Waals surface area (Å²) in [5.41, 5.74) is 5.02. The molecule has 6 aromatic carbocycles. The predicted molar refractivity (Wildman–Crippen MR) is 258 cm³/mol. The zero-order valence-corrected chi connectivity index (χ0v) is 40.5. The number of aryl methyl sites for hydroxylation is 2. The van der Waals surface area contributed by atoms with E-state index in [0.29, 0.717) is 12.8 Å². The Hall–Kier alpha value is -5.34. The van der Waals surface area contributed by atoms with E-state index in [2.05, 4.69) is 0 Å². The molecule has 2 saturated heterocycles. The summed E-state index contributed by atoms with van der Waals surface area (Å²) < 4.78 is 75.4. The van der Waals surface area contributed by atoms with Crippen molar-refractivity contribution in [3.8, 4) is 22.6 Å². The number of phenols is 2. The van der Waals surface area contributed by atoms with Crippen molar-refractivity contribution < 1.29 is 36.5 Å². The van der Waals surface area contributed by atoms with Crippen molar-refractivity contribution in [2.75, 3.05) is 13.2 Å². The average molecular weight is 929 g/mol. The first kappa shape index (κ1) is 47.2. The average Bonchev–Trinajstić information content (AvgIpc) is 3.89. The predicted octanol–water partition coefficient (Wildman–Crippen LogP) is 10.6. The molecule has 0 amide bonds. The van der Waals surface area contributed by atoms with E-state index in [0.717, 1.165) is 33.4 Å². The van der Waals surface area contributed by atoms with Gasteiger partial charge in [-0.2, -0.15) is 8.61 Å². The first-order valence-electron chi connectivity index (χ1n) is 22.4. The summed E-state index contributed by atoms with van der Waals surface area (Å²) in [6.45, 7) is 16.0. The Balaban J connectivity index is 1.31. The topological polar surface area (TPSA) is 134 Å². The van der Waals surface area contributed by atoms with Crippen molar-refractivity contribution in [3.05, 3.63) is 178 Å². The summed E-state index contributed by atoms with van der Waals surface area (Å²) in [7, 11) is -8.44. The van der Waals surface area contributed by atoms with Crippen LogP contribution in [0.4, 0.5) is 0 Å². The molecule has 0 aliphatic carbocycles. The monoisotopic (exact) mass is 928 g/mol. The summed E-state index contributed by atoms with van der Waals surface area (Å²) in [4.78, 5) is 0.196. The molecule has 2 N–H and O–H groups in total. The third-order valence-corrected chi connectivity index (χ3v) is 16.6. The molecule has 66 heavy (non-hydrogen) atoms.